The fraction of sp³-hybridized carbons (Fsp3) is 0.222. The molecule has 0 spiro atoms. The summed E-state index contributed by atoms with van der Waals surface area (Å²) in [7, 11) is 0. The number of carbonyl (C=O) groups is 2. The van der Waals surface area contributed by atoms with Crippen molar-refractivity contribution in [2.45, 2.75) is 25.8 Å². The van der Waals surface area contributed by atoms with Crippen LogP contribution in [0.15, 0.2) is 48.5 Å². The highest BCUT2D eigenvalue weighted by atomic mass is 16.2. The molecule has 1 atom stereocenters. The molecular formula is C18H18N2O2. The summed E-state index contributed by atoms with van der Waals surface area (Å²) in [5.41, 5.74) is 3.34. The van der Waals surface area contributed by atoms with Crippen LogP contribution >= 0.6 is 0 Å². The molecule has 2 aromatic rings. The molecular weight excluding hydrogens is 276 g/mol. The van der Waals surface area contributed by atoms with Gasteiger partial charge in [-0.2, -0.15) is 0 Å². The maximum atomic E-state index is 12.4. The maximum Gasteiger partial charge on any atom is 0.251 e. The largest absolute Gasteiger partial charge is 0.345 e. The van der Waals surface area contributed by atoms with E-state index in [9.17, 15) is 9.59 Å². The smallest absolute Gasteiger partial charge is 0.251 e. The topological polar surface area (TPSA) is 58.2 Å². The molecule has 22 heavy (non-hydrogen) atoms. The highest BCUT2D eigenvalue weighted by Crippen LogP contribution is 2.24. The Balaban J connectivity index is 1.77. The van der Waals surface area contributed by atoms with E-state index in [0.29, 0.717) is 12.0 Å². The van der Waals surface area contributed by atoms with E-state index in [1.54, 1.807) is 12.1 Å². The van der Waals surface area contributed by atoms with Crippen LogP contribution in [-0.4, -0.2) is 11.8 Å². The van der Waals surface area contributed by atoms with E-state index >= 15 is 0 Å². The summed E-state index contributed by atoms with van der Waals surface area (Å²) in [6.07, 6.45) is 1.20. The first-order valence-electron chi connectivity index (χ1n) is 7.46. The monoisotopic (exact) mass is 294 g/mol. The molecule has 3 rings (SSSR count). The van der Waals surface area contributed by atoms with Crippen LogP contribution in [-0.2, 0) is 11.2 Å². The highest BCUT2D eigenvalue weighted by Gasteiger charge is 2.20. The molecule has 2 N–H and O–H groups in total. The van der Waals surface area contributed by atoms with E-state index in [1.807, 2.05) is 43.3 Å². The Labute approximate surface area is 129 Å². The number of carbonyl (C=O) groups excluding carboxylic acids is 2. The lowest BCUT2D eigenvalue weighted by molar-refractivity contribution is -0.115. The van der Waals surface area contributed by atoms with E-state index < -0.39 is 0 Å². The van der Waals surface area contributed by atoms with Crippen molar-refractivity contribution in [1.82, 2.24) is 5.32 Å². The molecule has 2 amide bonds. The molecule has 4 heteroatoms. The molecule has 1 heterocycles. The van der Waals surface area contributed by atoms with Gasteiger partial charge < -0.3 is 10.6 Å². The third-order valence-corrected chi connectivity index (χ3v) is 3.91. The predicted octanol–water partition coefficient (Wildman–Crippen LogP) is 3.06. The number of benzene rings is 2. The SMILES string of the molecule is CC[C@@H](NC(=O)c1ccc2c(c1)NC(=O)C2)c1ccccc1. The molecule has 0 bridgehead atoms. The molecule has 2 aromatic carbocycles. The Morgan fingerprint density at radius 2 is 2.00 bits per heavy atom. The van der Waals surface area contributed by atoms with Crippen LogP contribution in [0.5, 0.6) is 0 Å². The molecule has 0 radical (unpaired) electrons. The van der Waals surface area contributed by atoms with Crippen LogP contribution in [0, 0.1) is 0 Å². The molecule has 0 aromatic heterocycles. The van der Waals surface area contributed by atoms with Crippen LogP contribution in [0.2, 0.25) is 0 Å². The molecule has 0 unspecified atom stereocenters. The van der Waals surface area contributed by atoms with E-state index in [0.717, 1.165) is 23.2 Å². The molecule has 0 aliphatic carbocycles. The lowest BCUT2D eigenvalue weighted by atomic mass is 10.0. The number of anilines is 1. The predicted molar refractivity (Wildman–Crippen MR) is 85.7 cm³/mol. The first-order chi connectivity index (χ1) is 10.7. The minimum absolute atomic E-state index is 0.0171. The van der Waals surface area contributed by atoms with Gasteiger partial charge >= 0.3 is 0 Å². The summed E-state index contributed by atoms with van der Waals surface area (Å²) < 4.78 is 0. The number of nitrogens with one attached hydrogen (secondary N) is 2. The second kappa shape index (κ2) is 6.02. The zero-order valence-electron chi connectivity index (χ0n) is 12.4. The Kier molecular flexibility index (Phi) is 3.92. The van der Waals surface area contributed by atoms with Crippen molar-refractivity contribution in [2.75, 3.05) is 5.32 Å². The van der Waals surface area contributed by atoms with E-state index in [-0.39, 0.29) is 17.9 Å². The van der Waals surface area contributed by atoms with Gasteiger partial charge in [0.05, 0.1) is 12.5 Å². The van der Waals surface area contributed by atoms with Crippen LogP contribution in [0.25, 0.3) is 0 Å². The van der Waals surface area contributed by atoms with Gasteiger partial charge in [0.15, 0.2) is 0 Å². The van der Waals surface area contributed by atoms with Gasteiger partial charge in [-0.1, -0.05) is 43.3 Å². The van der Waals surface area contributed by atoms with Gasteiger partial charge in [-0.15, -0.1) is 0 Å². The van der Waals surface area contributed by atoms with Gasteiger partial charge in [0, 0.05) is 11.3 Å². The summed E-state index contributed by atoms with van der Waals surface area (Å²) in [5, 5.41) is 5.82. The molecule has 0 saturated heterocycles. The first kappa shape index (κ1) is 14.3. The summed E-state index contributed by atoms with van der Waals surface area (Å²) in [6, 6.07) is 15.3. The summed E-state index contributed by atoms with van der Waals surface area (Å²) >= 11 is 0. The minimum atomic E-state index is -0.125. The van der Waals surface area contributed by atoms with Crippen LogP contribution in [0.4, 0.5) is 5.69 Å². The lowest BCUT2D eigenvalue weighted by Crippen LogP contribution is -2.28. The van der Waals surface area contributed by atoms with Crippen molar-refractivity contribution in [2.24, 2.45) is 0 Å². The van der Waals surface area contributed by atoms with Gasteiger partial charge in [-0.05, 0) is 29.7 Å². The van der Waals surface area contributed by atoms with Crippen LogP contribution < -0.4 is 10.6 Å². The molecule has 0 fully saturated rings. The second-order valence-corrected chi connectivity index (χ2v) is 5.44. The molecule has 0 saturated carbocycles. The normalized spacial score (nSPS) is 14.1. The van der Waals surface area contributed by atoms with Crippen LogP contribution in [0.1, 0.15) is 40.9 Å². The first-order valence-corrected chi connectivity index (χ1v) is 7.46. The number of amides is 2. The van der Waals surface area contributed by atoms with Gasteiger partial charge in [0.25, 0.3) is 5.91 Å². The van der Waals surface area contributed by atoms with Crippen molar-refractivity contribution >= 4 is 17.5 Å². The van der Waals surface area contributed by atoms with Gasteiger partial charge in [-0.25, -0.2) is 0 Å². The number of fused-ring (bicyclic) bond motifs is 1. The fourth-order valence-electron chi connectivity index (χ4n) is 2.70. The Bertz CT molecular complexity index is 710. The standard InChI is InChI=1S/C18H18N2O2/c1-2-15(12-6-4-3-5-7-12)20-18(22)14-9-8-13-11-17(21)19-16(13)10-14/h3-10,15H,2,11H2,1H3,(H,19,21)(H,20,22)/t15-/m1/s1. The molecule has 1 aliphatic rings. The Hall–Kier alpha value is -2.62. The number of hydrogen-bond acceptors (Lipinski definition) is 2. The van der Waals surface area contributed by atoms with Crippen molar-refractivity contribution in [3.8, 4) is 0 Å². The number of rotatable bonds is 4. The van der Waals surface area contributed by atoms with Gasteiger partial charge in [-0.3, -0.25) is 9.59 Å². The average Bonchev–Trinajstić information content (AvgIpc) is 2.92. The summed E-state index contributed by atoms with van der Waals surface area (Å²) in [5.74, 6) is -0.150. The Morgan fingerprint density at radius 3 is 2.73 bits per heavy atom. The van der Waals surface area contributed by atoms with Crippen LogP contribution in [0.3, 0.4) is 0 Å². The number of hydrogen-bond donors (Lipinski definition) is 2. The minimum Gasteiger partial charge on any atom is -0.345 e. The zero-order valence-corrected chi connectivity index (χ0v) is 12.4. The summed E-state index contributed by atoms with van der Waals surface area (Å²) in [6.45, 7) is 2.04. The zero-order chi connectivity index (χ0) is 15.5. The van der Waals surface area contributed by atoms with Gasteiger partial charge in [0.1, 0.15) is 0 Å². The maximum absolute atomic E-state index is 12.4. The lowest BCUT2D eigenvalue weighted by Gasteiger charge is -2.17. The average molecular weight is 294 g/mol. The fourth-order valence-corrected chi connectivity index (χ4v) is 2.70. The molecule has 112 valence electrons. The van der Waals surface area contributed by atoms with E-state index in [2.05, 4.69) is 10.6 Å². The highest BCUT2D eigenvalue weighted by molar-refractivity contribution is 6.02. The van der Waals surface area contributed by atoms with E-state index in [4.69, 9.17) is 0 Å². The quantitative estimate of drug-likeness (QED) is 0.910. The molecule has 1 aliphatic heterocycles. The van der Waals surface area contributed by atoms with Crippen molar-refractivity contribution < 1.29 is 9.59 Å². The second-order valence-electron chi connectivity index (χ2n) is 5.44. The van der Waals surface area contributed by atoms with Gasteiger partial charge in [0.2, 0.25) is 5.91 Å². The third kappa shape index (κ3) is 2.86. The third-order valence-electron chi connectivity index (χ3n) is 3.91. The van der Waals surface area contributed by atoms with Crippen molar-refractivity contribution in [3.63, 3.8) is 0 Å². The van der Waals surface area contributed by atoms with Crippen molar-refractivity contribution in [1.29, 1.82) is 0 Å². The van der Waals surface area contributed by atoms with E-state index in [1.165, 1.54) is 0 Å². The van der Waals surface area contributed by atoms with Crippen molar-refractivity contribution in [3.05, 3.63) is 65.2 Å². The summed E-state index contributed by atoms with van der Waals surface area (Å²) in [4.78, 5) is 23.8. The molecule has 4 nitrogen and oxygen atoms in total. The Morgan fingerprint density at radius 1 is 1.23 bits per heavy atom.